The summed E-state index contributed by atoms with van der Waals surface area (Å²) in [4.78, 5) is 30.9. The van der Waals surface area contributed by atoms with Crippen molar-refractivity contribution < 1.29 is 23.8 Å². The second-order valence-electron chi connectivity index (χ2n) is 9.42. The Bertz CT molecular complexity index is 933. The van der Waals surface area contributed by atoms with Crippen LogP contribution in [0, 0.1) is 6.92 Å². The van der Waals surface area contributed by atoms with E-state index < -0.39 is 23.4 Å². The van der Waals surface area contributed by atoms with Crippen molar-refractivity contribution in [3.05, 3.63) is 47.7 Å². The summed E-state index contributed by atoms with van der Waals surface area (Å²) in [5, 5.41) is 3.23. The van der Waals surface area contributed by atoms with Gasteiger partial charge in [0.05, 0.1) is 13.7 Å². The molecule has 1 N–H and O–H groups in total. The topological polar surface area (TPSA) is 90.0 Å². The van der Waals surface area contributed by atoms with E-state index in [2.05, 4.69) is 10.3 Å². The SMILES string of the molecule is COc1ccc(Nc2cc(C)ccn2)cc1CN(C(=O)OC(C)(C)C)C(=O)OC(C)(C)C. The Labute approximate surface area is 189 Å². The maximum Gasteiger partial charge on any atom is 0.420 e. The van der Waals surface area contributed by atoms with Gasteiger partial charge in [0, 0.05) is 17.4 Å². The molecule has 0 aliphatic heterocycles. The molecule has 2 amide bonds. The number of pyridine rings is 1. The minimum atomic E-state index is -0.799. The lowest BCUT2D eigenvalue weighted by Crippen LogP contribution is -2.43. The fourth-order valence-corrected chi connectivity index (χ4v) is 2.74. The van der Waals surface area contributed by atoms with Gasteiger partial charge in [-0.3, -0.25) is 0 Å². The highest BCUT2D eigenvalue weighted by molar-refractivity contribution is 5.88. The van der Waals surface area contributed by atoms with Crippen LogP contribution in [0.25, 0.3) is 0 Å². The van der Waals surface area contributed by atoms with E-state index in [1.807, 2.05) is 25.1 Å². The van der Waals surface area contributed by atoms with Crippen LogP contribution in [0.3, 0.4) is 0 Å². The van der Waals surface area contributed by atoms with E-state index in [4.69, 9.17) is 14.2 Å². The van der Waals surface area contributed by atoms with Gasteiger partial charge in [-0.2, -0.15) is 0 Å². The Balaban J connectivity index is 2.37. The first-order chi connectivity index (χ1) is 14.8. The molecule has 1 heterocycles. The number of benzene rings is 1. The number of hydrogen-bond donors (Lipinski definition) is 1. The Morgan fingerprint density at radius 1 is 0.969 bits per heavy atom. The lowest BCUT2D eigenvalue weighted by molar-refractivity contribution is -0.000332. The average Bonchev–Trinajstić information content (AvgIpc) is 2.63. The number of hydrogen-bond acceptors (Lipinski definition) is 7. The smallest absolute Gasteiger partial charge is 0.420 e. The van der Waals surface area contributed by atoms with Gasteiger partial charge in [0.1, 0.15) is 22.8 Å². The Hall–Kier alpha value is -3.29. The number of carbonyl (C=O) groups is 2. The van der Waals surface area contributed by atoms with Crippen molar-refractivity contribution in [2.45, 2.75) is 66.2 Å². The molecule has 0 unspecified atom stereocenters. The Morgan fingerprint density at radius 3 is 2.06 bits per heavy atom. The standard InChI is InChI=1S/C24H33N3O5/c1-16-11-12-25-20(13-16)26-18-9-10-19(30-8)17(14-18)15-27(21(28)31-23(2,3)4)22(29)32-24(5,6)7/h9-14H,15H2,1-8H3,(H,25,26). The van der Waals surface area contributed by atoms with Crippen LogP contribution in [0.1, 0.15) is 52.7 Å². The minimum Gasteiger partial charge on any atom is -0.496 e. The molecule has 1 aromatic carbocycles. The minimum absolute atomic E-state index is 0.0935. The number of anilines is 2. The zero-order valence-corrected chi connectivity index (χ0v) is 20.1. The van der Waals surface area contributed by atoms with Crippen LogP contribution in [0.2, 0.25) is 0 Å². The number of rotatable bonds is 5. The molecule has 0 aliphatic rings. The predicted molar refractivity (Wildman–Crippen MR) is 123 cm³/mol. The molecular formula is C24H33N3O5. The molecule has 8 heteroatoms. The lowest BCUT2D eigenvalue weighted by atomic mass is 10.1. The number of methoxy groups -OCH3 is 1. The molecule has 0 bridgehead atoms. The van der Waals surface area contributed by atoms with Crippen molar-refractivity contribution in [1.29, 1.82) is 0 Å². The summed E-state index contributed by atoms with van der Waals surface area (Å²) in [7, 11) is 1.53. The van der Waals surface area contributed by atoms with E-state index in [0.29, 0.717) is 17.1 Å². The molecule has 32 heavy (non-hydrogen) atoms. The van der Waals surface area contributed by atoms with E-state index in [1.54, 1.807) is 59.9 Å². The number of aromatic nitrogens is 1. The highest BCUT2D eigenvalue weighted by Gasteiger charge is 2.32. The molecule has 0 fully saturated rings. The molecule has 0 atom stereocenters. The predicted octanol–water partition coefficient (Wildman–Crippen LogP) is 5.81. The van der Waals surface area contributed by atoms with Gasteiger partial charge in [0.25, 0.3) is 0 Å². The molecule has 0 saturated heterocycles. The van der Waals surface area contributed by atoms with Crippen molar-refractivity contribution in [2.24, 2.45) is 0 Å². The zero-order chi connectivity index (χ0) is 24.1. The van der Waals surface area contributed by atoms with Crippen LogP contribution in [0.5, 0.6) is 5.75 Å². The van der Waals surface area contributed by atoms with Gasteiger partial charge in [-0.15, -0.1) is 0 Å². The summed E-state index contributed by atoms with van der Waals surface area (Å²) in [5.74, 6) is 1.20. The third kappa shape index (κ3) is 7.76. The first-order valence-electron chi connectivity index (χ1n) is 10.4. The van der Waals surface area contributed by atoms with Gasteiger partial charge in [0.2, 0.25) is 0 Å². The molecule has 174 valence electrons. The highest BCUT2D eigenvalue weighted by atomic mass is 16.6. The maximum atomic E-state index is 12.8. The normalized spacial score (nSPS) is 11.5. The molecule has 0 aliphatic carbocycles. The largest absolute Gasteiger partial charge is 0.496 e. The number of ether oxygens (including phenoxy) is 3. The Kier molecular flexibility index (Phi) is 7.72. The molecule has 2 aromatic rings. The summed E-state index contributed by atoms with van der Waals surface area (Å²) < 4.78 is 16.3. The summed E-state index contributed by atoms with van der Waals surface area (Å²) in [5.41, 5.74) is 0.843. The molecule has 2 rings (SSSR count). The number of nitrogens with zero attached hydrogens (tertiary/aromatic N) is 2. The summed E-state index contributed by atoms with van der Waals surface area (Å²) in [6, 6.07) is 9.21. The van der Waals surface area contributed by atoms with Gasteiger partial charge < -0.3 is 19.5 Å². The number of imide groups is 1. The van der Waals surface area contributed by atoms with Gasteiger partial charge in [-0.25, -0.2) is 19.5 Å². The van der Waals surface area contributed by atoms with Crippen molar-refractivity contribution in [1.82, 2.24) is 9.88 Å². The number of aryl methyl sites for hydroxylation is 1. The van der Waals surface area contributed by atoms with E-state index in [9.17, 15) is 9.59 Å². The van der Waals surface area contributed by atoms with Crippen molar-refractivity contribution in [3.63, 3.8) is 0 Å². The lowest BCUT2D eigenvalue weighted by Gasteiger charge is -2.29. The fraction of sp³-hybridized carbons (Fsp3) is 0.458. The molecule has 0 saturated carbocycles. The monoisotopic (exact) mass is 443 g/mol. The quantitative estimate of drug-likeness (QED) is 0.623. The van der Waals surface area contributed by atoms with Gasteiger partial charge in [-0.05, 0) is 84.4 Å². The first-order valence-corrected chi connectivity index (χ1v) is 10.4. The van der Waals surface area contributed by atoms with Crippen molar-refractivity contribution in [3.8, 4) is 5.75 Å². The highest BCUT2D eigenvalue weighted by Crippen LogP contribution is 2.27. The maximum absolute atomic E-state index is 12.8. The first kappa shape index (κ1) is 25.0. The second kappa shape index (κ2) is 9.89. The van der Waals surface area contributed by atoms with Crippen LogP contribution in [0.4, 0.5) is 21.1 Å². The molecule has 1 aromatic heterocycles. The second-order valence-corrected chi connectivity index (χ2v) is 9.42. The number of amides is 2. The van der Waals surface area contributed by atoms with Crippen molar-refractivity contribution >= 4 is 23.7 Å². The van der Waals surface area contributed by atoms with E-state index in [-0.39, 0.29) is 6.54 Å². The van der Waals surface area contributed by atoms with E-state index in [0.717, 1.165) is 16.2 Å². The molecular weight excluding hydrogens is 410 g/mol. The summed E-state index contributed by atoms with van der Waals surface area (Å²) >= 11 is 0. The Morgan fingerprint density at radius 2 is 1.56 bits per heavy atom. The average molecular weight is 444 g/mol. The van der Waals surface area contributed by atoms with Crippen LogP contribution in [-0.2, 0) is 16.0 Å². The number of nitrogens with one attached hydrogen (secondary N) is 1. The van der Waals surface area contributed by atoms with Gasteiger partial charge in [0.15, 0.2) is 0 Å². The number of carbonyl (C=O) groups excluding carboxylic acids is 2. The van der Waals surface area contributed by atoms with Gasteiger partial charge in [-0.1, -0.05) is 0 Å². The molecule has 0 radical (unpaired) electrons. The van der Waals surface area contributed by atoms with E-state index >= 15 is 0 Å². The fourth-order valence-electron chi connectivity index (χ4n) is 2.74. The zero-order valence-electron chi connectivity index (χ0n) is 20.1. The van der Waals surface area contributed by atoms with Crippen LogP contribution in [-0.4, -0.2) is 40.4 Å². The third-order valence-corrected chi connectivity index (χ3v) is 4.02. The third-order valence-electron chi connectivity index (χ3n) is 4.02. The molecule has 8 nitrogen and oxygen atoms in total. The summed E-state index contributed by atoms with van der Waals surface area (Å²) in [6.07, 6.45) is 0.120. The van der Waals surface area contributed by atoms with Crippen molar-refractivity contribution in [2.75, 3.05) is 12.4 Å². The van der Waals surface area contributed by atoms with E-state index in [1.165, 1.54) is 7.11 Å². The van der Waals surface area contributed by atoms with Crippen LogP contribution in [0.15, 0.2) is 36.5 Å². The van der Waals surface area contributed by atoms with Gasteiger partial charge >= 0.3 is 12.2 Å². The van der Waals surface area contributed by atoms with Crippen LogP contribution >= 0.6 is 0 Å². The summed E-state index contributed by atoms with van der Waals surface area (Å²) in [6.45, 7) is 12.3. The molecule has 0 spiro atoms. The van der Waals surface area contributed by atoms with Crippen LogP contribution < -0.4 is 10.1 Å².